The van der Waals surface area contributed by atoms with Crippen LogP contribution in [-0.4, -0.2) is 55.7 Å². The number of anilines is 2. The lowest BCUT2D eigenvalue weighted by molar-refractivity contribution is 0.0963. The van der Waals surface area contributed by atoms with Crippen molar-refractivity contribution in [3.05, 3.63) is 120 Å². The van der Waals surface area contributed by atoms with Crippen LogP contribution in [-0.2, 0) is 16.1 Å². The molecule has 6 rings (SSSR count). The number of aryl methyl sites for hydroxylation is 2. The molecule has 45 heavy (non-hydrogen) atoms. The summed E-state index contributed by atoms with van der Waals surface area (Å²) in [7, 11) is 0. The van der Waals surface area contributed by atoms with E-state index in [4.69, 9.17) is 14.6 Å². The molecule has 232 valence electrons. The molecule has 3 aromatic carbocycles. The molecular formula is C32H30F2N6O5. The summed E-state index contributed by atoms with van der Waals surface area (Å²) < 4.78 is 41.8. The van der Waals surface area contributed by atoms with Gasteiger partial charge >= 0.3 is 12.2 Å². The van der Waals surface area contributed by atoms with Gasteiger partial charge in [-0.1, -0.05) is 30.3 Å². The van der Waals surface area contributed by atoms with Crippen LogP contribution in [0.3, 0.4) is 0 Å². The van der Waals surface area contributed by atoms with Crippen LogP contribution in [0.5, 0.6) is 0 Å². The summed E-state index contributed by atoms with van der Waals surface area (Å²) in [6, 6.07) is 18.3. The zero-order valence-electron chi connectivity index (χ0n) is 24.4. The summed E-state index contributed by atoms with van der Waals surface area (Å²) in [5.41, 5.74) is 3.96. The van der Waals surface area contributed by atoms with Gasteiger partial charge in [-0.2, -0.15) is 0 Å². The second-order valence-electron chi connectivity index (χ2n) is 10.1. The molecule has 3 heterocycles. The molecule has 1 aliphatic rings. The number of aromatic nitrogens is 4. The number of halogens is 2. The van der Waals surface area contributed by atoms with E-state index in [2.05, 4.69) is 15.3 Å². The van der Waals surface area contributed by atoms with E-state index >= 15 is 0 Å². The molecule has 1 aliphatic heterocycles. The Kier molecular flexibility index (Phi) is 9.49. The van der Waals surface area contributed by atoms with Gasteiger partial charge in [-0.25, -0.2) is 28.3 Å². The van der Waals surface area contributed by atoms with Crippen LogP contribution in [0, 0.1) is 25.5 Å². The van der Waals surface area contributed by atoms with Crippen LogP contribution >= 0.6 is 0 Å². The Labute approximate surface area is 257 Å². The van der Waals surface area contributed by atoms with Crippen molar-refractivity contribution >= 4 is 23.6 Å². The quantitative estimate of drug-likeness (QED) is 0.240. The number of nitrogens with zero attached hydrogens (tertiary/aromatic N) is 5. The molecule has 0 spiro atoms. The van der Waals surface area contributed by atoms with Gasteiger partial charge in [0.2, 0.25) is 0 Å². The number of aliphatic hydroxyl groups excluding tert-OH is 1. The van der Waals surface area contributed by atoms with Crippen molar-refractivity contribution in [1.82, 2.24) is 19.1 Å². The first-order valence-electron chi connectivity index (χ1n) is 13.9. The molecule has 1 atom stereocenters. The fraction of sp³-hybridized carbons (Fsp3) is 0.188. The second kappa shape index (κ2) is 13.8. The van der Waals surface area contributed by atoms with E-state index in [1.165, 1.54) is 29.7 Å². The normalized spacial score (nSPS) is 14.0. The highest BCUT2D eigenvalue weighted by Crippen LogP contribution is 2.26. The van der Waals surface area contributed by atoms with Crippen LogP contribution in [0.1, 0.15) is 17.0 Å². The first-order chi connectivity index (χ1) is 21.7. The van der Waals surface area contributed by atoms with Crippen LogP contribution in [0.2, 0.25) is 0 Å². The van der Waals surface area contributed by atoms with E-state index in [9.17, 15) is 18.4 Å². The summed E-state index contributed by atoms with van der Waals surface area (Å²) in [5.74, 6) is -0.925. The van der Waals surface area contributed by atoms with Gasteiger partial charge in [0.25, 0.3) is 0 Å². The van der Waals surface area contributed by atoms with E-state index in [-0.39, 0.29) is 19.8 Å². The predicted molar refractivity (Wildman–Crippen MR) is 161 cm³/mol. The Balaban J connectivity index is 0.000000179. The van der Waals surface area contributed by atoms with Gasteiger partial charge in [0.15, 0.2) is 0 Å². The van der Waals surface area contributed by atoms with Crippen LogP contribution in [0.4, 0.5) is 29.7 Å². The number of benzene rings is 3. The SMILES string of the molecule is Cc1cncn1-c1ccc(N2C[C@H](CO)OC2=O)cc1F.Cc1cncn1-c1ccc(NC(=O)OCc2ccccc2)cc1F. The summed E-state index contributed by atoms with van der Waals surface area (Å²) in [4.78, 5) is 32.7. The highest BCUT2D eigenvalue weighted by atomic mass is 19.1. The average molecular weight is 617 g/mol. The zero-order valence-corrected chi connectivity index (χ0v) is 24.4. The van der Waals surface area contributed by atoms with Crippen molar-refractivity contribution in [2.45, 2.75) is 26.6 Å². The van der Waals surface area contributed by atoms with Crippen LogP contribution < -0.4 is 10.2 Å². The van der Waals surface area contributed by atoms with Gasteiger partial charge in [0.1, 0.15) is 24.3 Å². The maximum Gasteiger partial charge on any atom is 0.414 e. The van der Waals surface area contributed by atoms with E-state index in [1.807, 2.05) is 44.2 Å². The van der Waals surface area contributed by atoms with Gasteiger partial charge in [0.05, 0.1) is 42.9 Å². The molecule has 0 aliphatic carbocycles. The molecular weight excluding hydrogens is 586 g/mol. The molecule has 0 bridgehead atoms. The summed E-state index contributed by atoms with van der Waals surface area (Å²) in [6.45, 7) is 3.76. The number of carbonyl (C=O) groups excluding carboxylic acids is 2. The Hall–Kier alpha value is -5.56. The predicted octanol–water partition coefficient (Wildman–Crippen LogP) is 5.71. The minimum absolute atomic E-state index is 0.154. The highest BCUT2D eigenvalue weighted by Gasteiger charge is 2.32. The maximum atomic E-state index is 14.3. The molecule has 13 heteroatoms. The van der Waals surface area contributed by atoms with Gasteiger partial charge < -0.3 is 23.7 Å². The van der Waals surface area contributed by atoms with Gasteiger partial charge in [-0.05, 0) is 55.8 Å². The molecule has 0 unspecified atom stereocenters. The Morgan fingerprint density at radius 2 is 1.58 bits per heavy atom. The average Bonchev–Trinajstić information content (AvgIpc) is 3.76. The topological polar surface area (TPSA) is 124 Å². The highest BCUT2D eigenvalue weighted by molar-refractivity contribution is 5.90. The largest absolute Gasteiger partial charge is 0.444 e. The number of carbonyl (C=O) groups is 2. The summed E-state index contributed by atoms with van der Waals surface area (Å²) >= 11 is 0. The fourth-order valence-electron chi connectivity index (χ4n) is 4.57. The van der Waals surface area contributed by atoms with Gasteiger partial charge in [-0.15, -0.1) is 0 Å². The molecule has 1 saturated heterocycles. The third kappa shape index (κ3) is 7.33. The number of rotatable bonds is 7. The van der Waals surface area contributed by atoms with E-state index in [0.717, 1.165) is 17.0 Å². The lowest BCUT2D eigenvalue weighted by atomic mass is 10.2. The Morgan fingerprint density at radius 1 is 0.956 bits per heavy atom. The third-order valence-corrected chi connectivity index (χ3v) is 6.89. The number of ether oxygens (including phenoxy) is 2. The Bertz CT molecular complexity index is 1790. The number of amides is 2. The van der Waals surface area contributed by atoms with E-state index < -0.39 is 29.9 Å². The number of hydrogen-bond acceptors (Lipinski definition) is 7. The zero-order chi connectivity index (χ0) is 31.9. The van der Waals surface area contributed by atoms with Crippen LogP contribution in [0.15, 0.2) is 91.8 Å². The lowest BCUT2D eigenvalue weighted by Gasteiger charge is -2.14. The number of aliphatic hydroxyl groups is 1. The number of imidazole rings is 2. The lowest BCUT2D eigenvalue weighted by Crippen LogP contribution is -2.25. The van der Waals surface area contributed by atoms with Crippen molar-refractivity contribution in [2.75, 3.05) is 23.4 Å². The van der Waals surface area contributed by atoms with Crippen molar-refractivity contribution in [1.29, 1.82) is 0 Å². The van der Waals surface area contributed by atoms with Crippen molar-refractivity contribution in [2.24, 2.45) is 0 Å². The fourth-order valence-corrected chi connectivity index (χ4v) is 4.57. The molecule has 0 radical (unpaired) electrons. The molecule has 1 fully saturated rings. The number of hydrogen-bond donors (Lipinski definition) is 2. The summed E-state index contributed by atoms with van der Waals surface area (Å²) in [6.07, 6.45) is 4.55. The third-order valence-electron chi connectivity index (χ3n) is 6.89. The first kappa shape index (κ1) is 30.9. The minimum Gasteiger partial charge on any atom is -0.444 e. The Morgan fingerprint density at radius 3 is 2.11 bits per heavy atom. The molecule has 2 aromatic heterocycles. The van der Waals surface area contributed by atoms with Crippen LogP contribution in [0.25, 0.3) is 11.4 Å². The minimum atomic E-state index is -0.634. The van der Waals surface area contributed by atoms with E-state index in [1.54, 1.807) is 45.8 Å². The maximum absolute atomic E-state index is 14.3. The van der Waals surface area contributed by atoms with Crippen molar-refractivity contribution < 1.29 is 33.0 Å². The second-order valence-corrected chi connectivity index (χ2v) is 10.1. The molecule has 2 N–H and O–H groups in total. The standard InChI is InChI=1S/C18H16FN3O2.C14H14FN3O3/c1-13-10-20-12-22(13)17-8-7-15(9-16(17)19)21-18(23)24-11-14-5-3-2-4-6-14;1-9-5-16-8-18(9)13-3-2-10(4-12(13)15)17-6-11(7-19)21-14(17)20/h2-10,12H,11H2,1H3,(H,21,23);2-5,8,11,19H,6-7H2,1H3/t;11-/m.1/s1. The number of cyclic esters (lactones) is 1. The number of nitrogens with one attached hydrogen (secondary N) is 1. The van der Waals surface area contributed by atoms with Crippen molar-refractivity contribution in [3.8, 4) is 11.4 Å². The van der Waals surface area contributed by atoms with Crippen molar-refractivity contribution in [3.63, 3.8) is 0 Å². The first-order valence-corrected chi connectivity index (χ1v) is 13.9. The molecule has 11 nitrogen and oxygen atoms in total. The smallest absolute Gasteiger partial charge is 0.414 e. The molecule has 2 amide bonds. The molecule has 0 saturated carbocycles. The monoisotopic (exact) mass is 616 g/mol. The van der Waals surface area contributed by atoms with Gasteiger partial charge in [0, 0.05) is 29.5 Å². The van der Waals surface area contributed by atoms with E-state index in [0.29, 0.717) is 22.7 Å². The summed E-state index contributed by atoms with van der Waals surface area (Å²) in [5, 5.41) is 11.5. The van der Waals surface area contributed by atoms with Gasteiger partial charge in [-0.3, -0.25) is 10.2 Å². The molecule has 5 aromatic rings.